The first-order chi connectivity index (χ1) is 13.7. The Bertz CT molecular complexity index is 538. The van der Waals surface area contributed by atoms with Gasteiger partial charge in [0.05, 0.1) is 19.3 Å². The summed E-state index contributed by atoms with van der Waals surface area (Å²) in [5.41, 5.74) is 0. The normalized spacial score (nSPS) is 43.1. The summed E-state index contributed by atoms with van der Waals surface area (Å²) in [4.78, 5) is 13.3. The Morgan fingerprint density at radius 2 is 1.52 bits per heavy atom. The number of amides is 1. The number of nitrogens with zero attached hydrogens (tertiary/aromatic N) is 1. The van der Waals surface area contributed by atoms with E-state index in [4.69, 9.17) is 18.9 Å². The van der Waals surface area contributed by atoms with Gasteiger partial charge in [-0.1, -0.05) is 0 Å². The van der Waals surface area contributed by atoms with E-state index in [1.165, 1.54) is 18.9 Å². The lowest BCUT2D eigenvalue weighted by molar-refractivity contribution is -0.339. The molecule has 12 heteroatoms. The van der Waals surface area contributed by atoms with Crippen LogP contribution in [0.25, 0.3) is 0 Å². The van der Waals surface area contributed by atoms with Gasteiger partial charge in [-0.25, -0.2) is 4.79 Å². The minimum Gasteiger partial charge on any atom is -0.440 e. The molecule has 0 spiro atoms. The third-order valence-corrected chi connectivity index (χ3v) is 5.24. The van der Waals surface area contributed by atoms with Crippen LogP contribution in [0.1, 0.15) is 13.8 Å². The quantitative estimate of drug-likeness (QED) is 0.252. The van der Waals surface area contributed by atoms with Crippen molar-refractivity contribution in [3.8, 4) is 0 Å². The van der Waals surface area contributed by atoms with Gasteiger partial charge in [-0.15, -0.1) is 0 Å². The monoisotopic (exact) mass is 425 g/mol. The van der Waals surface area contributed by atoms with E-state index < -0.39 is 80.5 Å². The van der Waals surface area contributed by atoms with Crippen molar-refractivity contribution in [2.45, 2.75) is 75.1 Å². The zero-order valence-electron chi connectivity index (χ0n) is 16.6. The van der Waals surface area contributed by atoms with Crippen LogP contribution in [0.15, 0.2) is 0 Å². The second-order valence-electron chi connectivity index (χ2n) is 7.21. The molecule has 29 heavy (non-hydrogen) atoms. The molecule has 1 amide bonds. The summed E-state index contributed by atoms with van der Waals surface area (Å²) in [6.07, 6.45) is -14.1. The first-order valence-electron chi connectivity index (χ1n) is 9.48. The second kappa shape index (κ2) is 10.3. The van der Waals surface area contributed by atoms with Crippen molar-refractivity contribution in [3.63, 3.8) is 0 Å². The molecule has 2 saturated heterocycles. The van der Waals surface area contributed by atoms with Gasteiger partial charge in [0.15, 0.2) is 12.4 Å². The Morgan fingerprint density at radius 1 is 0.931 bits per heavy atom. The number of ether oxygens (including phenoxy) is 4. The van der Waals surface area contributed by atoms with Gasteiger partial charge >= 0.3 is 6.09 Å². The maximum Gasteiger partial charge on any atom is 0.409 e. The first kappa shape index (κ1) is 24.2. The molecule has 0 saturated carbocycles. The molecule has 12 nitrogen and oxygen atoms in total. The molecule has 2 heterocycles. The van der Waals surface area contributed by atoms with E-state index in [9.17, 15) is 35.4 Å². The number of hydrogen-bond donors (Lipinski definition) is 6. The number of rotatable bonds is 6. The molecule has 0 bridgehead atoms. The third-order valence-electron chi connectivity index (χ3n) is 5.24. The molecule has 0 radical (unpaired) electrons. The van der Waals surface area contributed by atoms with E-state index >= 15 is 0 Å². The molecule has 2 aliphatic heterocycles. The average molecular weight is 425 g/mol. The highest BCUT2D eigenvalue weighted by Gasteiger charge is 2.51. The SMILES string of the molecule is CCN(C)C(=O)O[C@H]1[C@H](O)[C@@H](O[C@@H]2C(C)O[C@@H](CO)[C@@H](O)[C@@H]2O)O[C@H](CO)[C@H]1O. The van der Waals surface area contributed by atoms with Crippen molar-refractivity contribution in [3.05, 3.63) is 0 Å². The molecule has 0 aromatic heterocycles. The lowest BCUT2D eigenvalue weighted by Gasteiger charge is -2.46. The smallest absolute Gasteiger partial charge is 0.409 e. The molecular weight excluding hydrogens is 394 g/mol. The summed E-state index contributed by atoms with van der Waals surface area (Å²) in [5.74, 6) is 0. The molecule has 0 aliphatic carbocycles. The predicted octanol–water partition coefficient (Wildman–Crippen LogP) is -3.23. The molecule has 170 valence electrons. The van der Waals surface area contributed by atoms with Crippen molar-refractivity contribution >= 4 is 6.09 Å². The van der Waals surface area contributed by atoms with Crippen LogP contribution in [0.2, 0.25) is 0 Å². The highest BCUT2D eigenvalue weighted by Crippen LogP contribution is 2.30. The number of aliphatic hydroxyl groups is 6. The van der Waals surface area contributed by atoms with Crippen molar-refractivity contribution in [2.24, 2.45) is 0 Å². The Labute approximate surface area is 168 Å². The summed E-state index contributed by atoms with van der Waals surface area (Å²) in [5, 5.41) is 59.9. The van der Waals surface area contributed by atoms with Gasteiger partial charge in [-0.3, -0.25) is 0 Å². The molecule has 6 N–H and O–H groups in total. The van der Waals surface area contributed by atoms with Crippen LogP contribution in [0.5, 0.6) is 0 Å². The first-order valence-corrected chi connectivity index (χ1v) is 9.48. The van der Waals surface area contributed by atoms with Crippen LogP contribution in [-0.4, -0.2) is 130 Å². The summed E-state index contributed by atoms with van der Waals surface area (Å²) in [6.45, 7) is 2.39. The zero-order valence-corrected chi connectivity index (χ0v) is 16.6. The van der Waals surface area contributed by atoms with Crippen molar-refractivity contribution in [2.75, 3.05) is 26.8 Å². The summed E-state index contributed by atoms with van der Waals surface area (Å²) >= 11 is 0. The highest BCUT2D eigenvalue weighted by atomic mass is 16.7. The van der Waals surface area contributed by atoms with Gasteiger partial charge < -0.3 is 54.5 Å². The Hall–Kier alpha value is -1.09. The Balaban J connectivity index is 2.15. The Morgan fingerprint density at radius 3 is 2.07 bits per heavy atom. The molecule has 0 aromatic carbocycles. The van der Waals surface area contributed by atoms with Gasteiger partial charge in [0.2, 0.25) is 0 Å². The average Bonchev–Trinajstić information content (AvgIpc) is 2.71. The molecule has 2 rings (SSSR count). The van der Waals surface area contributed by atoms with Gasteiger partial charge in [0.25, 0.3) is 0 Å². The minimum absolute atomic E-state index is 0.324. The summed E-state index contributed by atoms with van der Waals surface area (Å²) < 4.78 is 21.5. The van der Waals surface area contributed by atoms with E-state index in [0.717, 1.165) is 0 Å². The fourth-order valence-corrected chi connectivity index (χ4v) is 3.26. The molecular formula is C17H31NO11. The van der Waals surface area contributed by atoms with Crippen molar-refractivity contribution < 1.29 is 54.4 Å². The summed E-state index contributed by atoms with van der Waals surface area (Å²) in [6, 6.07) is 0. The van der Waals surface area contributed by atoms with Crippen LogP contribution < -0.4 is 0 Å². The van der Waals surface area contributed by atoms with Crippen LogP contribution >= 0.6 is 0 Å². The fourth-order valence-electron chi connectivity index (χ4n) is 3.26. The van der Waals surface area contributed by atoms with E-state index in [1.807, 2.05) is 0 Å². The third kappa shape index (κ3) is 5.16. The molecule has 2 aliphatic rings. The largest absolute Gasteiger partial charge is 0.440 e. The van der Waals surface area contributed by atoms with Crippen molar-refractivity contribution in [1.29, 1.82) is 0 Å². The lowest BCUT2D eigenvalue weighted by Crippen LogP contribution is -2.64. The zero-order chi connectivity index (χ0) is 21.9. The number of hydrogen-bond acceptors (Lipinski definition) is 11. The predicted molar refractivity (Wildman–Crippen MR) is 94.6 cm³/mol. The molecule has 0 aromatic rings. The van der Waals surface area contributed by atoms with E-state index in [1.54, 1.807) is 6.92 Å². The van der Waals surface area contributed by atoms with Gasteiger partial charge in [-0.2, -0.15) is 0 Å². The van der Waals surface area contributed by atoms with Crippen LogP contribution in [0.3, 0.4) is 0 Å². The van der Waals surface area contributed by atoms with Gasteiger partial charge in [0.1, 0.15) is 42.7 Å². The Kier molecular flexibility index (Phi) is 8.58. The number of carbonyl (C=O) groups excluding carboxylic acids is 1. The van der Waals surface area contributed by atoms with E-state index in [2.05, 4.69) is 0 Å². The van der Waals surface area contributed by atoms with Crippen LogP contribution in [-0.2, 0) is 18.9 Å². The van der Waals surface area contributed by atoms with Gasteiger partial charge in [0, 0.05) is 13.6 Å². The van der Waals surface area contributed by atoms with E-state index in [0.29, 0.717) is 6.54 Å². The molecule has 1 unspecified atom stereocenters. The van der Waals surface area contributed by atoms with Gasteiger partial charge in [-0.05, 0) is 13.8 Å². The minimum atomic E-state index is -1.66. The lowest BCUT2D eigenvalue weighted by atomic mass is 9.95. The summed E-state index contributed by atoms with van der Waals surface area (Å²) in [7, 11) is 1.47. The highest BCUT2D eigenvalue weighted by molar-refractivity contribution is 5.67. The van der Waals surface area contributed by atoms with Crippen LogP contribution in [0.4, 0.5) is 4.79 Å². The number of carbonyl (C=O) groups is 1. The maximum absolute atomic E-state index is 12.1. The standard InChI is InChI=1S/C17H31NO11/c1-4-18(3)17(25)29-15-11(22)9(6-20)27-16(13(15)24)28-14-7(2)26-8(5-19)10(21)12(14)23/h7-16,19-24H,4-6H2,1-3H3/t7?,8-,9+,10+,11+,12-,13-,14+,15+,16+/m0/s1. The van der Waals surface area contributed by atoms with Crippen molar-refractivity contribution in [1.82, 2.24) is 4.90 Å². The number of aliphatic hydroxyl groups excluding tert-OH is 6. The fraction of sp³-hybridized carbons (Fsp3) is 0.941. The van der Waals surface area contributed by atoms with E-state index in [-0.39, 0.29) is 0 Å². The van der Waals surface area contributed by atoms with Crippen LogP contribution in [0, 0.1) is 0 Å². The molecule has 2 fully saturated rings. The topological polar surface area (TPSA) is 179 Å². The maximum atomic E-state index is 12.1. The molecule has 10 atom stereocenters. The second-order valence-corrected chi connectivity index (χ2v) is 7.21.